The van der Waals surface area contributed by atoms with Crippen LogP contribution in [0.5, 0.6) is 0 Å². The van der Waals surface area contributed by atoms with Crippen LogP contribution in [0.2, 0.25) is 0 Å². The molecule has 1 aliphatic heterocycles. The van der Waals surface area contributed by atoms with Crippen molar-refractivity contribution < 1.29 is 14.7 Å². The second-order valence-corrected chi connectivity index (χ2v) is 5.11. The van der Waals surface area contributed by atoms with Crippen LogP contribution in [0, 0.1) is 11.8 Å². The molecule has 2 unspecified atom stereocenters. The first kappa shape index (κ1) is 11.7. The summed E-state index contributed by atoms with van der Waals surface area (Å²) in [7, 11) is 0. The van der Waals surface area contributed by atoms with Crippen molar-refractivity contribution in [1.29, 1.82) is 0 Å². The summed E-state index contributed by atoms with van der Waals surface area (Å²) in [6, 6.07) is -0.631. The van der Waals surface area contributed by atoms with E-state index in [-0.39, 0.29) is 11.8 Å². The Kier molecular flexibility index (Phi) is 3.38. The number of aliphatic carboxylic acids is 1. The minimum Gasteiger partial charge on any atom is -0.480 e. The molecular weight excluding hydrogens is 230 g/mol. The molecule has 2 aliphatic rings. The largest absolute Gasteiger partial charge is 0.480 e. The molecule has 1 amide bonds. The summed E-state index contributed by atoms with van der Waals surface area (Å²) in [4.78, 5) is 24.4. The molecule has 0 radical (unpaired) electrons. The highest BCUT2D eigenvalue weighted by molar-refractivity contribution is 6.18. The Morgan fingerprint density at radius 1 is 1.50 bits per heavy atom. The molecule has 0 aromatic heterocycles. The predicted molar refractivity (Wildman–Crippen MR) is 59.3 cm³/mol. The third-order valence-corrected chi connectivity index (χ3v) is 3.81. The van der Waals surface area contributed by atoms with Crippen LogP contribution in [0.4, 0.5) is 0 Å². The average Bonchev–Trinajstić information content (AvgIpc) is 2.98. The standard InChI is InChI=1S/C11H16ClNO3/c12-5-8-4-10(14)13(6-8)9(11(15)16)3-7-1-2-7/h7-9H,1-6H2,(H,15,16). The Morgan fingerprint density at radius 3 is 2.62 bits per heavy atom. The van der Waals surface area contributed by atoms with Crippen LogP contribution in [0.25, 0.3) is 0 Å². The third kappa shape index (κ3) is 2.48. The maximum absolute atomic E-state index is 11.7. The van der Waals surface area contributed by atoms with Crippen molar-refractivity contribution in [3.05, 3.63) is 0 Å². The van der Waals surface area contributed by atoms with E-state index in [0.717, 1.165) is 12.8 Å². The van der Waals surface area contributed by atoms with Gasteiger partial charge in [-0.2, -0.15) is 0 Å². The van der Waals surface area contributed by atoms with Gasteiger partial charge in [0.2, 0.25) is 5.91 Å². The number of carbonyl (C=O) groups excluding carboxylic acids is 1. The summed E-state index contributed by atoms with van der Waals surface area (Å²) in [5, 5.41) is 9.16. The monoisotopic (exact) mass is 245 g/mol. The zero-order chi connectivity index (χ0) is 11.7. The lowest BCUT2D eigenvalue weighted by Gasteiger charge is -2.24. The van der Waals surface area contributed by atoms with Gasteiger partial charge in [-0.3, -0.25) is 4.79 Å². The Hall–Kier alpha value is -0.770. The van der Waals surface area contributed by atoms with Crippen molar-refractivity contribution in [2.24, 2.45) is 11.8 Å². The third-order valence-electron chi connectivity index (χ3n) is 3.37. The zero-order valence-corrected chi connectivity index (χ0v) is 9.82. The fourth-order valence-electron chi connectivity index (χ4n) is 2.24. The molecule has 0 bridgehead atoms. The first-order valence-electron chi connectivity index (χ1n) is 5.70. The Bertz CT molecular complexity index is 304. The molecule has 5 heteroatoms. The van der Waals surface area contributed by atoms with Gasteiger partial charge in [0.25, 0.3) is 0 Å². The molecule has 16 heavy (non-hydrogen) atoms. The smallest absolute Gasteiger partial charge is 0.326 e. The first-order chi connectivity index (χ1) is 7.61. The molecule has 0 aromatic rings. The number of alkyl halides is 1. The lowest BCUT2D eigenvalue weighted by atomic mass is 10.1. The summed E-state index contributed by atoms with van der Waals surface area (Å²) in [6.45, 7) is 0.506. The average molecular weight is 246 g/mol. The summed E-state index contributed by atoms with van der Waals surface area (Å²) in [5.41, 5.74) is 0. The minimum absolute atomic E-state index is 0.0568. The van der Waals surface area contributed by atoms with Crippen LogP contribution in [-0.4, -0.2) is 40.3 Å². The highest BCUT2D eigenvalue weighted by atomic mass is 35.5. The number of hydrogen-bond acceptors (Lipinski definition) is 2. The highest BCUT2D eigenvalue weighted by Gasteiger charge is 2.40. The van der Waals surface area contributed by atoms with Crippen LogP contribution in [-0.2, 0) is 9.59 Å². The van der Waals surface area contributed by atoms with Crippen LogP contribution in [0.1, 0.15) is 25.7 Å². The van der Waals surface area contributed by atoms with Crippen molar-refractivity contribution in [2.75, 3.05) is 12.4 Å². The predicted octanol–water partition coefficient (Wildman–Crippen LogP) is 1.33. The summed E-state index contributed by atoms with van der Waals surface area (Å²) in [5.74, 6) is 0.117. The van der Waals surface area contributed by atoms with Gasteiger partial charge in [0.1, 0.15) is 6.04 Å². The molecule has 0 spiro atoms. The molecule has 2 rings (SSSR count). The van der Waals surface area contributed by atoms with Gasteiger partial charge >= 0.3 is 5.97 Å². The van der Waals surface area contributed by atoms with Crippen molar-refractivity contribution in [1.82, 2.24) is 4.90 Å². The summed E-state index contributed by atoms with van der Waals surface area (Å²) in [6.07, 6.45) is 3.21. The molecule has 4 nitrogen and oxygen atoms in total. The topological polar surface area (TPSA) is 57.6 Å². The molecule has 1 saturated carbocycles. The number of carbonyl (C=O) groups is 2. The van der Waals surface area contributed by atoms with Crippen LogP contribution < -0.4 is 0 Å². The van der Waals surface area contributed by atoms with Gasteiger partial charge in [0.05, 0.1) is 0 Å². The fraction of sp³-hybridized carbons (Fsp3) is 0.818. The maximum atomic E-state index is 11.7. The van der Waals surface area contributed by atoms with Crippen molar-refractivity contribution in [3.63, 3.8) is 0 Å². The van der Waals surface area contributed by atoms with E-state index in [0.29, 0.717) is 31.2 Å². The lowest BCUT2D eigenvalue weighted by Crippen LogP contribution is -2.42. The van der Waals surface area contributed by atoms with Crippen molar-refractivity contribution in [2.45, 2.75) is 31.7 Å². The Morgan fingerprint density at radius 2 is 2.19 bits per heavy atom. The molecule has 0 aromatic carbocycles. The highest BCUT2D eigenvalue weighted by Crippen LogP contribution is 2.36. The maximum Gasteiger partial charge on any atom is 0.326 e. The fourth-order valence-corrected chi connectivity index (χ4v) is 2.45. The van der Waals surface area contributed by atoms with Crippen LogP contribution in [0.15, 0.2) is 0 Å². The first-order valence-corrected chi connectivity index (χ1v) is 6.23. The Labute approximate surface area is 99.6 Å². The molecule has 90 valence electrons. The summed E-state index contributed by atoms with van der Waals surface area (Å²) >= 11 is 5.71. The molecule has 2 fully saturated rings. The van der Waals surface area contributed by atoms with E-state index in [2.05, 4.69) is 0 Å². The van der Waals surface area contributed by atoms with Crippen molar-refractivity contribution >= 4 is 23.5 Å². The normalized spacial score (nSPS) is 27.2. The second kappa shape index (κ2) is 4.62. The van der Waals surface area contributed by atoms with Gasteiger partial charge in [-0.15, -0.1) is 11.6 Å². The molecule has 2 atom stereocenters. The molecular formula is C11H16ClNO3. The summed E-state index contributed by atoms with van der Waals surface area (Å²) < 4.78 is 0. The SMILES string of the molecule is O=C(O)C(CC1CC1)N1CC(CCl)CC1=O. The number of rotatable bonds is 5. The quantitative estimate of drug-likeness (QED) is 0.744. The number of amides is 1. The van der Waals surface area contributed by atoms with Gasteiger partial charge in [0, 0.05) is 18.8 Å². The molecule has 1 saturated heterocycles. The van der Waals surface area contributed by atoms with E-state index < -0.39 is 12.0 Å². The minimum atomic E-state index is -0.879. The van der Waals surface area contributed by atoms with E-state index in [1.807, 2.05) is 0 Å². The van der Waals surface area contributed by atoms with E-state index in [4.69, 9.17) is 16.7 Å². The number of nitrogens with zero attached hydrogens (tertiary/aromatic N) is 1. The molecule has 1 aliphatic carbocycles. The zero-order valence-electron chi connectivity index (χ0n) is 9.06. The number of halogens is 1. The Balaban J connectivity index is 2.01. The van der Waals surface area contributed by atoms with Gasteiger partial charge < -0.3 is 10.0 Å². The van der Waals surface area contributed by atoms with E-state index in [9.17, 15) is 9.59 Å². The number of carboxylic acid groups (broad SMARTS) is 1. The van der Waals surface area contributed by atoms with E-state index in [1.54, 1.807) is 0 Å². The number of hydrogen-bond donors (Lipinski definition) is 1. The second-order valence-electron chi connectivity index (χ2n) is 4.80. The van der Waals surface area contributed by atoms with Crippen molar-refractivity contribution in [3.8, 4) is 0 Å². The van der Waals surface area contributed by atoms with E-state index in [1.165, 1.54) is 4.90 Å². The van der Waals surface area contributed by atoms with Crippen LogP contribution in [0.3, 0.4) is 0 Å². The van der Waals surface area contributed by atoms with E-state index >= 15 is 0 Å². The van der Waals surface area contributed by atoms with Gasteiger partial charge in [0.15, 0.2) is 0 Å². The lowest BCUT2D eigenvalue weighted by molar-refractivity contribution is -0.148. The van der Waals surface area contributed by atoms with Crippen LogP contribution >= 0.6 is 11.6 Å². The number of carboxylic acids is 1. The molecule has 1 heterocycles. The van der Waals surface area contributed by atoms with Gasteiger partial charge in [-0.05, 0) is 18.3 Å². The van der Waals surface area contributed by atoms with Gasteiger partial charge in [-0.1, -0.05) is 12.8 Å². The number of likely N-dealkylation sites (tertiary alicyclic amines) is 1. The molecule has 1 N–H and O–H groups in total. The van der Waals surface area contributed by atoms with Gasteiger partial charge in [-0.25, -0.2) is 4.79 Å².